The number of aromatic nitrogens is 1. The Morgan fingerprint density at radius 2 is 1.88 bits per heavy atom. The molecule has 2 aliphatic rings. The Kier molecular flexibility index (Phi) is 8.29. The zero-order valence-corrected chi connectivity index (χ0v) is 19.6. The lowest BCUT2D eigenvalue weighted by Gasteiger charge is -2.30. The smallest absolute Gasteiger partial charge is 0.309 e. The molecule has 2 fully saturated rings. The Balaban J connectivity index is 1.26. The number of hydrogen-bond donors (Lipinski definition) is 1. The van der Waals surface area contributed by atoms with Gasteiger partial charge in [0, 0.05) is 36.7 Å². The van der Waals surface area contributed by atoms with E-state index in [-0.39, 0.29) is 23.8 Å². The lowest BCUT2D eigenvalue weighted by molar-refractivity contribution is -0.149. The molecule has 0 spiro atoms. The molecule has 0 saturated carbocycles. The maximum absolute atomic E-state index is 12.6. The van der Waals surface area contributed by atoms with E-state index in [0.29, 0.717) is 19.4 Å². The molecule has 1 N–H and O–H groups in total. The molecule has 7 nitrogen and oxygen atoms in total. The van der Waals surface area contributed by atoms with Crippen molar-refractivity contribution in [1.29, 1.82) is 0 Å². The van der Waals surface area contributed by atoms with Crippen molar-refractivity contribution in [3.63, 3.8) is 0 Å². The number of ether oxygens (including phenoxy) is 2. The predicted octanol–water partition coefficient (Wildman–Crippen LogP) is 3.14. The lowest BCUT2D eigenvalue weighted by atomic mass is 9.96. The number of nitrogens with zero attached hydrogens (tertiary/aromatic N) is 2. The molecule has 3 heterocycles. The fourth-order valence-electron chi connectivity index (χ4n) is 4.67. The molecule has 0 aliphatic carbocycles. The number of ketones is 1. The number of hydrogen-bond acceptors (Lipinski definition) is 7. The summed E-state index contributed by atoms with van der Waals surface area (Å²) in [5.74, 6) is 0.989. The van der Waals surface area contributed by atoms with Crippen LogP contribution in [0.4, 0.5) is 0 Å². The summed E-state index contributed by atoms with van der Waals surface area (Å²) in [7, 11) is 0. The number of rotatable bonds is 9. The average molecular weight is 454 g/mol. The summed E-state index contributed by atoms with van der Waals surface area (Å²) in [6.07, 6.45) is 6.60. The van der Waals surface area contributed by atoms with E-state index >= 15 is 0 Å². The molecule has 2 aromatic rings. The number of pyridine rings is 1. The second kappa shape index (κ2) is 11.6. The highest BCUT2D eigenvalue weighted by Gasteiger charge is 2.26. The van der Waals surface area contributed by atoms with E-state index in [0.717, 1.165) is 80.6 Å². The fourth-order valence-corrected chi connectivity index (χ4v) is 4.67. The number of Topliss-reactive ketones (excluding diaryl/α,β-unsaturated/α-hetero) is 1. The van der Waals surface area contributed by atoms with Crippen molar-refractivity contribution in [3.05, 3.63) is 36.2 Å². The molecule has 0 bridgehead atoms. The largest absolute Gasteiger partial charge is 0.490 e. The van der Waals surface area contributed by atoms with Gasteiger partial charge in [-0.1, -0.05) is 0 Å². The molecule has 0 radical (unpaired) electrons. The number of carbonyl (C=O) groups excluding carboxylic acids is 2. The first-order chi connectivity index (χ1) is 16.1. The van der Waals surface area contributed by atoms with Crippen molar-refractivity contribution in [3.8, 4) is 5.75 Å². The van der Waals surface area contributed by atoms with Crippen molar-refractivity contribution in [1.82, 2.24) is 15.2 Å². The Hall–Kier alpha value is -2.51. The van der Waals surface area contributed by atoms with Crippen LogP contribution in [0.5, 0.6) is 5.75 Å². The van der Waals surface area contributed by atoms with Crippen LogP contribution in [-0.4, -0.2) is 67.1 Å². The van der Waals surface area contributed by atoms with E-state index in [2.05, 4.69) is 21.3 Å². The number of benzene rings is 1. The highest BCUT2D eigenvalue weighted by molar-refractivity contribution is 5.85. The van der Waals surface area contributed by atoms with E-state index in [1.54, 1.807) is 0 Å². The molecule has 2 saturated heterocycles. The minimum Gasteiger partial charge on any atom is -0.490 e. The van der Waals surface area contributed by atoms with Crippen molar-refractivity contribution in [2.24, 2.45) is 5.92 Å². The molecule has 7 heteroatoms. The van der Waals surface area contributed by atoms with Crippen LogP contribution in [0.25, 0.3) is 10.8 Å². The zero-order chi connectivity index (χ0) is 23.0. The minimum atomic E-state index is -0.0834. The van der Waals surface area contributed by atoms with Gasteiger partial charge in [-0.2, -0.15) is 0 Å². The maximum Gasteiger partial charge on any atom is 0.309 e. The quantitative estimate of drug-likeness (QED) is 0.584. The number of esters is 1. The number of nitrogens with one attached hydrogen (secondary N) is 1. The molecule has 178 valence electrons. The number of likely N-dealkylation sites (tertiary alicyclic amines) is 1. The highest BCUT2D eigenvalue weighted by Crippen LogP contribution is 2.24. The SMILES string of the molecule is CCOC(=O)C1CCN(CCC(=O)Cc2cc3cc(OC4CCNCC4)ccc3cn2)CC1. The molecule has 0 atom stereocenters. The van der Waals surface area contributed by atoms with Gasteiger partial charge in [0.2, 0.25) is 0 Å². The van der Waals surface area contributed by atoms with Crippen molar-refractivity contribution < 1.29 is 19.1 Å². The van der Waals surface area contributed by atoms with Gasteiger partial charge in [-0.05, 0) is 88.4 Å². The van der Waals surface area contributed by atoms with Crippen LogP contribution < -0.4 is 10.1 Å². The standard InChI is InChI=1S/C26H35N3O4/c1-2-32-26(31)19-7-12-29(13-8-19)14-9-23(30)17-22-15-21-16-25(4-3-20(21)18-28-22)33-24-5-10-27-11-6-24/h3-4,15-16,18-19,24,27H,2,5-14,17H2,1H3. The average Bonchev–Trinajstić information content (AvgIpc) is 2.84. The Labute approximate surface area is 195 Å². The van der Waals surface area contributed by atoms with Gasteiger partial charge >= 0.3 is 5.97 Å². The number of fused-ring (bicyclic) bond motifs is 1. The Morgan fingerprint density at radius 3 is 2.64 bits per heavy atom. The van der Waals surface area contributed by atoms with E-state index in [1.807, 2.05) is 31.3 Å². The molecule has 33 heavy (non-hydrogen) atoms. The summed E-state index contributed by atoms with van der Waals surface area (Å²) in [6.45, 7) is 6.68. The maximum atomic E-state index is 12.6. The first-order valence-corrected chi connectivity index (χ1v) is 12.3. The van der Waals surface area contributed by atoms with E-state index in [1.165, 1.54) is 0 Å². The Bertz CT molecular complexity index is 950. The van der Waals surface area contributed by atoms with E-state index in [9.17, 15) is 9.59 Å². The summed E-state index contributed by atoms with van der Waals surface area (Å²) < 4.78 is 11.3. The summed E-state index contributed by atoms with van der Waals surface area (Å²) in [5.41, 5.74) is 0.799. The van der Waals surface area contributed by atoms with Gasteiger partial charge in [0.05, 0.1) is 12.5 Å². The molecular weight excluding hydrogens is 418 g/mol. The molecule has 0 amide bonds. The predicted molar refractivity (Wildman–Crippen MR) is 127 cm³/mol. The van der Waals surface area contributed by atoms with Gasteiger partial charge < -0.3 is 19.7 Å². The first kappa shape index (κ1) is 23.6. The van der Waals surface area contributed by atoms with Crippen molar-refractivity contribution in [2.75, 3.05) is 39.3 Å². The van der Waals surface area contributed by atoms with Gasteiger partial charge in [-0.3, -0.25) is 14.6 Å². The molecule has 1 aromatic heterocycles. The van der Waals surface area contributed by atoms with Crippen LogP contribution in [0.1, 0.15) is 44.7 Å². The third-order valence-electron chi connectivity index (χ3n) is 6.63. The van der Waals surface area contributed by atoms with Crippen LogP contribution in [-0.2, 0) is 20.7 Å². The second-order valence-electron chi connectivity index (χ2n) is 9.09. The Morgan fingerprint density at radius 1 is 1.09 bits per heavy atom. The van der Waals surface area contributed by atoms with Crippen LogP contribution >= 0.6 is 0 Å². The van der Waals surface area contributed by atoms with Gasteiger partial charge in [0.25, 0.3) is 0 Å². The summed E-state index contributed by atoms with van der Waals surface area (Å²) in [4.78, 5) is 31.3. The lowest BCUT2D eigenvalue weighted by Crippen LogP contribution is -2.38. The minimum absolute atomic E-state index is 0.00218. The highest BCUT2D eigenvalue weighted by atomic mass is 16.5. The molecule has 1 aromatic carbocycles. The summed E-state index contributed by atoms with van der Waals surface area (Å²) >= 11 is 0. The van der Waals surface area contributed by atoms with Crippen LogP contribution in [0.15, 0.2) is 30.5 Å². The van der Waals surface area contributed by atoms with Crippen molar-refractivity contribution in [2.45, 2.75) is 51.6 Å². The third kappa shape index (κ3) is 6.74. The van der Waals surface area contributed by atoms with Gasteiger partial charge in [0.15, 0.2) is 0 Å². The normalized spacial score (nSPS) is 18.3. The van der Waals surface area contributed by atoms with E-state index < -0.39 is 0 Å². The monoisotopic (exact) mass is 453 g/mol. The zero-order valence-electron chi connectivity index (χ0n) is 19.6. The molecule has 4 rings (SSSR count). The fraction of sp³-hybridized carbons (Fsp3) is 0.577. The van der Waals surface area contributed by atoms with Gasteiger partial charge in [0.1, 0.15) is 17.6 Å². The van der Waals surface area contributed by atoms with E-state index in [4.69, 9.17) is 9.47 Å². The summed E-state index contributed by atoms with van der Waals surface area (Å²) in [6, 6.07) is 8.10. The third-order valence-corrected chi connectivity index (χ3v) is 6.63. The molecular formula is C26H35N3O4. The second-order valence-corrected chi connectivity index (χ2v) is 9.09. The van der Waals surface area contributed by atoms with Crippen LogP contribution in [0.3, 0.4) is 0 Å². The summed E-state index contributed by atoms with van der Waals surface area (Å²) in [5, 5.41) is 5.46. The molecule has 0 unspecified atom stereocenters. The van der Waals surface area contributed by atoms with Gasteiger partial charge in [-0.15, -0.1) is 0 Å². The number of carbonyl (C=O) groups is 2. The van der Waals surface area contributed by atoms with Crippen LogP contribution in [0.2, 0.25) is 0 Å². The van der Waals surface area contributed by atoms with Crippen LogP contribution in [0, 0.1) is 5.92 Å². The van der Waals surface area contributed by atoms with Gasteiger partial charge in [-0.25, -0.2) is 0 Å². The number of piperidine rings is 2. The molecule has 2 aliphatic heterocycles. The topological polar surface area (TPSA) is 80.8 Å². The first-order valence-electron chi connectivity index (χ1n) is 12.3. The van der Waals surface area contributed by atoms with Crippen molar-refractivity contribution >= 4 is 22.5 Å².